The molecule has 27 heavy (non-hydrogen) atoms. The minimum atomic E-state index is -0.0204. The molecule has 0 aliphatic carbocycles. The third-order valence-corrected chi connectivity index (χ3v) is 4.78. The molecule has 1 saturated heterocycles. The molecule has 0 spiro atoms. The van der Waals surface area contributed by atoms with Crippen LogP contribution in [0, 0.1) is 13.8 Å². The van der Waals surface area contributed by atoms with Crippen LogP contribution in [0.4, 0.5) is 0 Å². The highest BCUT2D eigenvalue weighted by Crippen LogP contribution is 2.20. The molecule has 1 fully saturated rings. The van der Waals surface area contributed by atoms with Crippen molar-refractivity contribution in [2.75, 3.05) is 13.1 Å². The first kappa shape index (κ1) is 17.4. The number of carbonyl (C=O) groups excluding carboxylic acids is 1. The molecule has 0 bridgehead atoms. The average molecular weight is 362 g/mol. The summed E-state index contributed by atoms with van der Waals surface area (Å²) in [4.78, 5) is 27.8. The Bertz CT molecular complexity index is 961. The van der Waals surface area contributed by atoms with Gasteiger partial charge in [-0.2, -0.15) is 4.98 Å². The van der Waals surface area contributed by atoms with E-state index >= 15 is 0 Å². The van der Waals surface area contributed by atoms with E-state index in [1.807, 2.05) is 55.1 Å². The summed E-state index contributed by atoms with van der Waals surface area (Å²) in [6, 6.07) is 13.4. The summed E-state index contributed by atoms with van der Waals surface area (Å²) in [5, 5.41) is 1.04. The maximum Gasteiger partial charge on any atom is 0.272 e. The van der Waals surface area contributed by atoms with Gasteiger partial charge < -0.3 is 9.64 Å². The Labute approximate surface area is 158 Å². The molecule has 0 saturated carbocycles. The van der Waals surface area contributed by atoms with Crippen LogP contribution in [0.2, 0.25) is 0 Å². The summed E-state index contributed by atoms with van der Waals surface area (Å²) in [6.45, 7) is 5.10. The van der Waals surface area contributed by atoms with Crippen molar-refractivity contribution in [1.82, 2.24) is 19.9 Å². The van der Waals surface area contributed by atoms with Crippen molar-refractivity contribution in [2.45, 2.75) is 32.8 Å². The van der Waals surface area contributed by atoms with Crippen LogP contribution in [0.25, 0.3) is 10.9 Å². The second-order valence-corrected chi connectivity index (χ2v) is 6.89. The summed E-state index contributed by atoms with van der Waals surface area (Å²) in [6.07, 6.45) is 1.62. The van der Waals surface area contributed by atoms with Gasteiger partial charge in [-0.05, 0) is 26.0 Å². The van der Waals surface area contributed by atoms with E-state index in [0.29, 0.717) is 30.5 Å². The quantitative estimate of drug-likeness (QED) is 0.715. The van der Waals surface area contributed by atoms with Gasteiger partial charge in [0.15, 0.2) is 0 Å². The Morgan fingerprint density at radius 2 is 1.81 bits per heavy atom. The van der Waals surface area contributed by atoms with E-state index in [4.69, 9.17) is 4.74 Å². The molecule has 0 atom stereocenters. The van der Waals surface area contributed by atoms with Crippen molar-refractivity contribution >= 4 is 16.8 Å². The van der Waals surface area contributed by atoms with Crippen molar-refractivity contribution in [1.29, 1.82) is 0 Å². The Morgan fingerprint density at radius 3 is 2.59 bits per heavy atom. The molecule has 2 aromatic heterocycles. The van der Waals surface area contributed by atoms with Crippen LogP contribution in [0.15, 0.2) is 42.5 Å². The third kappa shape index (κ3) is 3.89. The summed E-state index contributed by atoms with van der Waals surface area (Å²) in [5.74, 6) is 1.30. The lowest BCUT2D eigenvalue weighted by atomic mass is 10.1. The normalized spacial score (nSPS) is 15.1. The van der Waals surface area contributed by atoms with Crippen molar-refractivity contribution in [2.24, 2.45) is 0 Å². The first-order valence-electron chi connectivity index (χ1n) is 9.22. The number of ether oxygens (including phenoxy) is 1. The van der Waals surface area contributed by atoms with E-state index in [2.05, 4.69) is 15.0 Å². The molecule has 6 heteroatoms. The van der Waals surface area contributed by atoms with Crippen LogP contribution >= 0.6 is 0 Å². The molecule has 0 radical (unpaired) electrons. The van der Waals surface area contributed by atoms with Crippen LogP contribution in [-0.4, -0.2) is 45.0 Å². The van der Waals surface area contributed by atoms with Crippen LogP contribution in [-0.2, 0) is 0 Å². The Hall–Kier alpha value is -3.02. The predicted octanol–water partition coefficient (Wildman–Crippen LogP) is 3.33. The van der Waals surface area contributed by atoms with E-state index < -0.39 is 0 Å². The van der Waals surface area contributed by atoms with Gasteiger partial charge in [-0.15, -0.1) is 0 Å². The second kappa shape index (κ2) is 7.31. The Morgan fingerprint density at radius 1 is 1.04 bits per heavy atom. The van der Waals surface area contributed by atoms with Crippen molar-refractivity contribution in [3.05, 3.63) is 59.7 Å². The number of benzene rings is 1. The second-order valence-electron chi connectivity index (χ2n) is 6.89. The molecule has 1 amide bonds. The zero-order chi connectivity index (χ0) is 18.8. The van der Waals surface area contributed by atoms with E-state index in [1.54, 1.807) is 6.07 Å². The smallest absolute Gasteiger partial charge is 0.272 e. The van der Waals surface area contributed by atoms with Gasteiger partial charge in [-0.3, -0.25) is 4.79 Å². The monoisotopic (exact) mass is 362 g/mol. The lowest BCUT2D eigenvalue weighted by Gasteiger charge is -2.31. The average Bonchev–Trinajstić information content (AvgIpc) is 2.67. The molecule has 1 aromatic carbocycles. The summed E-state index contributed by atoms with van der Waals surface area (Å²) in [5.41, 5.74) is 2.23. The highest BCUT2D eigenvalue weighted by atomic mass is 16.5. The largest absolute Gasteiger partial charge is 0.474 e. The highest BCUT2D eigenvalue weighted by Gasteiger charge is 2.25. The third-order valence-electron chi connectivity index (χ3n) is 4.78. The standard InChI is InChI=1S/C21H22N4O2/c1-14-13-20(23-15(2)22-14)27-17-9-11-25(12-10-17)21(26)19-8-7-16-5-3-4-6-18(16)24-19/h3-8,13,17H,9-12H2,1-2H3. The van der Waals surface area contributed by atoms with Gasteiger partial charge in [0, 0.05) is 43.1 Å². The van der Waals surface area contributed by atoms with E-state index in [0.717, 1.165) is 29.4 Å². The first-order chi connectivity index (χ1) is 13.1. The van der Waals surface area contributed by atoms with E-state index in [1.165, 1.54) is 0 Å². The minimum Gasteiger partial charge on any atom is -0.474 e. The Kier molecular flexibility index (Phi) is 4.71. The number of carbonyl (C=O) groups is 1. The molecule has 1 aliphatic heterocycles. The number of nitrogens with zero attached hydrogens (tertiary/aromatic N) is 4. The van der Waals surface area contributed by atoms with Gasteiger partial charge >= 0.3 is 0 Å². The molecular weight excluding hydrogens is 340 g/mol. The first-order valence-corrected chi connectivity index (χ1v) is 9.22. The van der Waals surface area contributed by atoms with Gasteiger partial charge in [0.25, 0.3) is 5.91 Å². The summed E-state index contributed by atoms with van der Waals surface area (Å²) in [7, 11) is 0. The number of pyridine rings is 1. The number of para-hydroxylation sites is 1. The Balaban J connectivity index is 1.40. The van der Waals surface area contributed by atoms with Crippen LogP contribution < -0.4 is 4.74 Å². The molecule has 138 valence electrons. The molecule has 3 heterocycles. The fourth-order valence-electron chi connectivity index (χ4n) is 3.44. The van der Waals surface area contributed by atoms with Gasteiger partial charge in [-0.25, -0.2) is 9.97 Å². The zero-order valence-corrected chi connectivity index (χ0v) is 15.6. The molecular formula is C21H22N4O2. The fraction of sp³-hybridized carbons (Fsp3) is 0.333. The van der Waals surface area contributed by atoms with Crippen LogP contribution in [0.3, 0.4) is 0 Å². The van der Waals surface area contributed by atoms with Crippen molar-refractivity contribution < 1.29 is 9.53 Å². The SMILES string of the molecule is Cc1cc(OC2CCN(C(=O)c3ccc4ccccc4n3)CC2)nc(C)n1. The minimum absolute atomic E-state index is 0.0204. The number of piperidine rings is 1. The molecule has 0 N–H and O–H groups in total. The molecule has 3 aromatic rings. The maximum atomic E-state index is 12.8. The maximum absolute atomic E-state index is 12.8. The number of likely N-dealkylation sites (tertiary alicyclic amines) is 1. The number of hydrogen-bond donors (Lipinski definition) is 0. The van der Waals surface area contributed by atoms with Crippen LogP contribution in [0.5, 0.6) is 5.88 Å². The lowest BCUT2D eigenvalue weighted by Crippen LogP contribution is -2.42. The van der Waals surface area contributed by atoms with Crippen molar-refractivity contribution in [3.63, 3.8) is 0 Å². The van der Waals surface area contributed by atoms with Gasteiger partial charge in [0.05, 0.1) is 5.52 Å². The van der Waals surface area contributed by atoms with Gasteiger partial charge in [-0.1, -0.05) is 24.3 Å². The van der Waals surface area contributed by atoms with Crippen LogP contribution in [0.1, 0.15) is 34.8 Å². The molecule has 4 rings (SSSR count). The number of aromatic nitrogens is 3. The number of fused-ring (bicyclic) bond motifs is 1. The number of aryl methyl sites for hydroxylation is 2. The fourth-order valence-corrected chi connectivity index (χ4v) is 3.44. The number of amides is 1. The molecule has 6 nitrogen and oxygen atoms in total. The topological polar surface area (TPSA) is 68.2 Å². The molecule has 1 aliphatic rings. The number of hydrogen-bond acceptors (Lipinski definition) is 5. The van der Waals surface area contributed by atoms with E-state index in [9.17, 15) is 4.79 Å². The van der Waals surface area contributed by atoms with E-state index in [-0.39, 0.29) is 12.0 Å². The molecule has 0 unspecified atom stereocenters. The number of rotatable bonds is 3. The van der Waals surface area contributed by atoms with Crippen molar-refractivity contribution in [3.8, 4) is 5.88 Å². The summed E-state index contributed by atoms with van der Waals surface area (Å²) < 4.78 is 6.00. The van der Waals surface area contributed by atoms with Gasteiger partial charge in [0.1, 0.15) is 17.6 Å². The highest BCUT2D eigenvalue weighted by molar-refractivity contribution is 5.94. The summed E-state index contributed by atoms with van der Waals surface area (Å²) >= 11 is 0. The van der Waals surface area contributed by atoms with Gasteiger partial charge in [0.2, 0.25) is 5.88 Å². The lowest BCUT2D eigenvalue weighted by molar-refractivity contribution is 0.0582. The predicted molar refractivity (Wildman–Crippen MR) is 103 cm³/mol. The zero-order valence-electron chi connectivity index (χ0n) is 15.6.